The highest BCUT2D eigenvalue weighted by atomic mass is 15.1. The van der Waals surface area contributed by atoms with Gasteiger partial charge in [0.25, 0.3) is 0 Å². The SMILES string of the molecule is Cc1cc(C)c(N(C#Cc2ccccc2)Cc2ccccc2)c(C)c1. The quantitative estimate of drug-likeness (QED) is 0.446. The molecule has 0 N–H and O–H groups in total. The normalized spacial score (nSPS) is 10.0. The third-order valence-electron chi connectivity index (χ3n) is 4.20. The lowest BCUT2D eigenvalue weighted by Gasteiger charge is -2.23. The molecule has 1 nitrogen and oxygen atoms in total. The average molecular weight is 325 g/mol. The van der Waals surface area contributed by atoms with E-state index in [0.29, 0.717) is 0 Å². The largest absolute Gasteiger partial charge is 0.296 e. The zero-order valence-corrected chi connectivity index (χ0v) is 15.1. The van der Waals surface area contributed by atoms with E-state index in [4.69, 9.17) is 0 Å². The Morgan fingerprint density at radius 3 is 1.92 bits per heavy atom. The Labute approximate surface area is 150 Å². The second kappa shape index (κ2) is 7.73. The van der Waals surface area contributed by atoms with Gasteiger partial charge in [0.15, 0.2) is 0 Å². The van der Waals surface area contributed by atoms with Gasteiger partial charge in [-0.05, 0) is 55.5 Å². The third-order valence-corrected chi connectivity index (χ3v) is 4.20. The van der Waals surface area contributed by atoms with E-state index in [1.165, 1.54) is 27.9 Å². The van der Waals surface area contributed by atoms with Crippen LogP contribution in [0, 0.1) is 32.7 Å². The van der Waals surface area contributed by atoms with Gasteiger partial charge in [-0.2, -0.15) is 0 Å². The first-order chi connectivity index (χ1) is 12.1. The van der Waals surface area contributed by atoms with Crippen LogP contribution in [0.1, 0.15) is 27.8 Å². The maximum Gasteiger partial charge on any atom is 0.0566 e. The van der Waals surface area contributed by atoms with Crippen molar-refractivity contribution in [3.05, 3.63) is 101 Å². The highest BCUT2D eigenvalue weighted by Crippen LogP contribution is 2.27. The molecule has 0 fully saturated rings. The van der Waals surface area contributed by atoms with Crippen LogP contribution >= 0.6 is 0 Å². The molecule has 0 aliphatic rings. The van der Waals surface area contributed by atoms with Crippen molar-refractivity contribution in [1.82, 2.24) is 0 Å². The molecule has 0 amide bonds. The number of hydrogen-bond donors (Lipinski definition) is 0. The molecule has 0 saturated heterocycles. The molecular weight excluding hydrogens is 302 g/mol. The number of hydrogen-bond acceptors (Lipinski definition) is 1. The lowest BCUT2D eigenvalue weighted by Crippen LogP contribution is -2.18. The fraction of sp³-hybridized carbons (Fsp3) is 0.167. The Kier molecular flexibility index (Phi) is 5.21. The number of aryl methyl sites for hydroxylation is 3. The van der Waals surface area contributed by atoms with Crippen LogP contribution in [-0.2, 0) is 6.54 Å². The zero-order chi connectivity index (χ0) is 17.6. The Bertz CT molecular complexity index is 876. The predicted octanol–water partition coefficient (Wildman–Crippen LogP) is 5.63. The second-order valence-electron chi connectivity index (χ2n) is 6.42. The van der Waals surface area contributed by atoms with E-state index in [1.807, 2.05) is 36.4 Å². The summed E-state index contributed by atoms with van der Waals surface area (Å²) in [7, 11) is 0. The van der Waals surface area contributed by atoms with Gasteiger partial charge in [-0.3, -0.25) is 4.90 Å². The van der Waals surface area contributed by atoms with E-state index >= 15 is 0 Å². The topological polar surface area (TPSA) is 3.24 Å². The van der Waals surface area contributed by atoms with E-state index in [1.54, 1.807) is 0 Å². The minimum absolute atomic E-state index is 0.769. The summed E-state index contributed by atoms with van der Waals surface area (Å²) in [5, 5.41) is 0. The molecule has 0 aromatic heterocycles. The highest BCUT2D eigenvalue weighted by molar-refractivity contribution is 5.64. The molecule has 25 heavy (non-hydrogen) atoms. The maximum atomic E-state index is 3.39. The van der Waals surface area contributed by atoms with Crippen LogP contribution in [-0.4, -0.2) is 0 Å². The van der Waals surface area contributed by atoms with Gasteiger partial charge >= 0.3 is 0 Å². The lowest BCUT2D eigenvalue weighted by molar-refractivity contribution is 0.977. The third kappa shape index (κ3) is 4.31. The van der Waals surface area contributed by atoms with Crippen molar-refractivity contribution in [3.8, 4) is 12.0 Å². The summed E-state index contributed by atoms with van der Waals surface area (Å²) in [5.41, 5.74) is 7.30. The van der Waals surface area contributed by atoms with Crippen molar-refractivity contribution in [2.75, 3.05) is 4.90 Å². The van der Waals surface area contributed by atoms with Gasteiger partial charge in [-0.15, -0.1) is 0 Å². The molecule has 3 rings (SSSR count). The molecule has 0 aliphatic heterocycles. The van der Waals surface area contributed by atoms with Crippen molar-refractivity contribution in [2.24, 2.45) is 0 Å². The van der Waals surface area contributed by atoms with Crippen molar-refractivity contribution in [2.45, 2.75) is 27.3 Å². The summed E-state index contributed by atoms with van der Waals surface area (Å²) in [6.45, 7) is 7.24. The molecule has 0 aliphatic carbocycles. The molecular formula is C24H23N. The van der Waals surface area contributed by atoms with Crippen LogP contribution in [0.15, 0.2) is 72.8 Å². The van der Waals surface area contributed by atoms with E-state index < -0.39 is 0 Å². The van der Waals surface area contributed by atoms with Crippen LogP contribution in [0.4, 0.5) is 5.69 Å². The van der Waals surface area contributed by atoms with Gasteiger partial charge in [0.05, 0.1) is 12.2 Å². The van der Waals surface area contributed by atoms with E-state index in [2.05, 4.69) is 74.0 Å². The Morgan fingerprint density at radius 2 is 1.32 bits per heavy atom. The predicted molar refractivity (Wildman–Crippen MR) is 107 cm³/mol. The molecule has 3 aromatic carbocycles. The van der Waals surface area contributed by atoms with Gasteiger partial charge in [-0.1, -0.05) is 66.2 Å². The van der Waals surface area contributed by atoms with Gasteiger partial charge in [0.2, 0.25) is 0 Å². The minimum atomic E-state index is 0.769. The molecule has 124 valence electrons. The Hall–Kier alpha value is -2.98. The van der Waals surface area contributed by atoms with Gasteiger partial charge in [-0.25, -0.2) is 0 Å². The van der Waals surface area contributed by atoms with Crippen LogP contribution in [0.5, 0.6) is 0 Å². The molecule has 0 bridgehead atoms. The summed E-state index contributed by atoms with van der Waals surface area (Å²) < 4.78 is 0. The summed E-state index contributed by atoms with van der Waals surface area (Å²) in [4.78, 5) is 2.17. The second-order valence-corrected chi connectivity index (χ2v) is 6.42. The van der Waals surface area contributed by atoms with Crippen molar-refractivity contribution in [3.63, 3.8) is 0 Å². The number of anilines is 1. The van der Waals surface area contributed by atoms with Crippen LogP contribution in [0.25, 0.3) is 0 Å². The molecule has 0 spiro atoms. The fourth-order valence-electron chi connectivity index (χ4n) is 3.19. The van der Waals surface area contributed by atoms with Gasteiger partial charge in [0, 0.05) is 11.6 Å². The number of rotatable bonds is 3. The summed E-state index contributed by atoms with van der Waals surface area (Å²) >= 11 is 0. The fourth-order valence-corrected chi connectivity index (χ4v) is 3.19. The van der Waals surface area contributed by atoms with Crippen LogP contribution in [0.3, 0.4) is 0 Å². The molecule has 0 saturated carbocycles. The Morgan fingerprint density at radius 1 is 0.760 bits per heavy atom. The average Bonchev–Trinajstić information content (AvgIpc) is 2.60. The smallest absolute Gasteiger partial charge is 0.0566 e. The Balaban J connectivity index is 2.02. The number of nitrogens with zero attached hydrogens (tertiary/aromatic N) is 1. The molecule has 0 unspecified atom stereocenters. The molecule has 0 atom stereocenters. The molecule has 0 heterocycles. The standard InChI is InChI=1S/C24H23N/c1-19-16-20(2)24(21(3)17-19)25(18-23-12-8-5-9-13-23)15-14-22-10-6-4-7-11-22/h4-13,16-17H,18H2,1-3H3. The molecule has 1 heteroatoms. The first-order valence-corrected chi connectivity index (χ1v) is 8.59. The minimum Gasteiger partial charge on any atom is -0.296 e. The zero-order valence-electron chi connectivity index (χ0n) is 15.1. The lowest BCUT2D eigenvalue weighted by atomic mass is 10.0. The van der Waals surface area contributed by atoms with Crippen molar-refractivity contribution in [1.29, 1.82) is 0 Å². The van der Waals surface area contributed by atoms with Crippen molar-refractivity contribution < 1.29 is 0 Å². The first-order valence-electron chi connectivity index (χ1n) is 8.59. The number of benzene rings is 3. The summed E-state index contributed by atoms with van der Waals surface area (Å²) in [5.74, 6) is 3.31. The van der Waals surface area contributed by atoms with Gasteiger partial charge < -0.3 is 0 Å². The van der Waals surface area contributed by atoms with E-state index in [-0.39, 0.29) is 0 Å². The maximum absolute atomic E-state index is 3.39. The first kappa shape index (κ1) is 16.9. The van der Waals surface area contributed by atoms with E-state index in [9.17, 15) is 0 Å². The summed E-state index contributed by atoms with van der Waals surface area (Å²) in [6, 6.07) is 28.5. The van der Waals surface area contributed by atoms with Crippen LogP contribution in [0.2, 0.25) is 0 Å². The molecule has 0 radical (unpaired) electrons. The van der Waals surface area contributed by atoms with Crippen molar-refractivity contribution >= 4 is 5.69 Å². The van der Waals surface area contributed by atoms with Crippen LogP contribution < -0.4 is 4.90 Å². The monoisotopic (exact) mass is 325 g/mol. The highest BCUT2D eigenvalue weighted by Gasteiger charge is 2.12. The molecule has 3 aromatic rings. The van der Waals surface area contributed by atoms with E-state index in [0.717, 1.165) is 12.1 Å². The van der Waals surface area contributed by atoms with Gasteiger partial charge in [0.1, 0.15) is 0 Å². The summed E-state index contributed by atoms with van der Waals surface area (Å²) in [6.07, 6.45) is 0.